The van der Waals surface area contributed by atoms with Gasteiger partial charge in [-0.15, -0.1) is 24.8 Å². The van der Waals surface area contributed by atoms with Gasteiger partial charge in [-0.25, -0.2) is 0 Å². The number of halogens is 2. The summed E-state index contributed by atoms with van der Waals surface area (Å²) >= 11 is -2.10. The second-order valence-corrected chi connectivity index (χ2v) is 13.7. The molecular formula is C16H27Cl2NTi. The van der Waals surface area contributed by atoms with Crippen molar-refractivity contribution in [1.29, 1.82) is 0 Å². The Morgan fingerprint density at radius 1 is 1.05 bits per heavy atom. The largest absolute Gasteiger partial charge is 0.147 e. The van der Waals surface area contributed by atoms with E-state index in [2.05, 4.69) is 72.3 Å². The number of rotatable bonds is 2. The Bertz CT molecular complexity index is 489. The second kappa shape index (κ2) is 6.98. The molecule has 2 rings (SSSR count). The van der Waals surface area contributed by atoms with Gasteiger partial charge in [0, 0.05) is 0 Å². The van der Waals surface area contributed by atoms with Crippen molar-refractivity contribution in [1.82, 2.24) is 3.80 Å². The minimum atomic E-state index is -2.10. The van der Waals surface area contributed by atoms with Gasteiger partial charge in [-0.3, -0.25) is 0 Å². The summed E-state index contributed by atoms with van der Waals surface area (Å²) in [6.07, 6.45) is 2.37. The van der Waals surface area contributed by atoms with Crippen LogP contribution in [0.25, 0.3) is 6.08 Å². The molecule has 0 saturated heterocycles. The maximum absolute atomic E-state index is 3.96. The summed E-state index contributed by atoms with van der Waals surface area (Å²) in [7, 11) is 0. The Labute approximate surface area is 140 Å². The van der Waals surface area contributed by atoms with Crippen LogP contribution in [0.15, 0.2) is 29.8 Å². The quantitative estimate of drug-likeness (QED) is 0.689. The van der Waals surface area contributed by atoms with Crippen molar-refractivity contribution in [2.45, 2.75) is 47.9 Å². The number of hydrogen-bond acceptors (Lipinski definition) is 1. The van der Waals surface area contributed by atoms with Gasteiger partial charge in [-0.1, -0.05) is 0 Å². The van der Waals surface area contributed by atoms with Gasteiger partial charge < -0.3 is 0 Å². The standard InChI is InChI=1S/C10H9.C4H10N.2CH3.2ClH.Ti/c1-8-6-9-4-2-3-5-10(9)7-8;1-4(2,3)5;;;;;/h2-7H,1H3;5H,1-3H3;2*1H3;2*1H;/q;-1;;;;;+1. The molecule has 0 bridgehead atoms. The number of nitrogens with one attached hydrogen (secondary N) is 1. The molecular weight excluding hydrogens is 325 g/mol. The van der Waals surface area contributed by atoms with Crippen molar-refractivity contribution in [2.24, 2.45) is 0 Å². The third-order valence-electron chi connectivity index (χ3n) is 3.56. The van der Waals surface area contributed by atoms with Crippen molar-refractivity contribution in [3.8, 4) is 0 Å². The van der Waals surface area contributed by atoms with Crippen LogP contribution in [0, 0.1) is 0 Å². The van der Waals surface area contributed by atoms with Crippen LogP contribution in [0.4, 0.5) is 0 Å². The molecule has 1 nitrogen and oxygen atoms in total. The Balaban J connectivity index is 0.00000180. The van der Waals surface area contributed by atoms with Gasteiger partial charge in [0.2, 0.25) is 0 Å². The fourth-order valence-corrected chi connectivity index (χ4v) is 10.3. The fourth-order valence-electron chi connectivity index (χ4n) is 3.48. The third-order valence-corrected chi connectivity index (χ3v) is 9.19. The molecule has 0 aromatic heterocycles. The molecule has 1 atom stereocenters. The maximum atomic E-state index is 3.96. The molecule has 0 aliphatic heterocycles. The Hall–Kier alpha value is 0.214. The molecule has 1 aromatic rings. The third kappa shape index (κ3) is 4.35. The van der Waals surface area contributed by atoms with E-state index in [0.717, 1.165) is 0 Å². The van der Waals surface area contributed by atoms with Crippen LogP contribution in [0.5, 0.6) is 0 Å². The van der Waals surface area contributed by atoms with Gasteiger partial charge >= 0.3 is 116 Å². The van der Waals surface area contributed by atoms with Crippen LogP contribution < -0.4 is 3.80 Å². The van der Waals surface area contributed by atoms with Crippen LogP contribution in [0.1, 0.15) is 43.0 Å². The minimum Gasteiger partial charge on any atom is -0.147 e. The maximum Gasteiger partial charge on any atom is -0.147 e. The summed E-state index contributed by atoms with van der Waals surface area (Å²) in [5.41, 5.74) is 4.71. The van der Waals surface area contributed by atoms with E-state index in [4.69, 9.17) is 0 Å². The summed E-state index contributed by atoms with van der Waals surface area (Å²) in [6.45, 7) is 9.13. The summed E-state index contributed by atoms with van der Waals surface area (Å²) in [5.74, 6) is 0. The Kier molecular flexibility index (Phi) is 7.06. The molecule has 0 radical (unpaired) electrons. The van der Waals surface area contributed by atoms with Gasteiger partial charge in [0.15, 0.2) is 0 Å². The zero-order valence-electron chi connectivity index (χ0n) is 13.3. The summed E-state index contributed by atoms with van der Waals surface area (Å²) in [6, 6.07) is 8.87. The molecule has 114 valence electrons. The number of fused-ring (bicyclic) bond motifs is 1. The van der Waals surface area contributed by atoms with E-state index in [9.17, 15) is 0 Å². The molecule has 1 aliphatic rings. The van der Waals surface area contributed by atoms with Crippen LogP contribution in [-0.4, -0.2) is 5.54 Å². The van der Waals surface area contributed by atoms with Crippen LogP contribution in [0.3, 0.4) is 0 Å². The molecule has 1 aliphatic carbocycles. The van der Waals surface area contributed by atoms with Crippen LogP contribution >= 0.6 is 24.8 Å². The average Bonchev–Trinajstić information content (AvgIpc) is 2.49. The Morgan fingerprint density at radius 3 is 2.15 bits per heavy atom. The summed E-state index contributed by atoms with van der Waals surface area (Å²) < 4.78 is 4.61. The van der Waals surface area contributed by atoms with Gasteiger partial charge in [-0.2, -0.15) is 0 Å². The summed E-state index contributed by atoms with van der Waals surface area (Å²) in [4.78, 5) is 0. The molecule has 1 aromatic carbocycles. The van der Waals surface area contributed by atoms with Gasteiger partial charge in [-0.05, 0) is 0 Å². The van der Waals surface area contributed by atoms with Crippen LogP contribution in [0.2, 0.25) is 10.5 Å². The van der Waals surface area contributed by atoms with Gasteiger partial charge in [0.1, 0.15) is 0 Å². The molecule has 0 fully saturated rings. The van der Waals surface area contributed by atoms with Gasteiger partial charge in [0.25, 0.3) is 0 Å². The monoisotopic (exact) mass is 351 g/mol. The molecule has 4 heteroatoms. The van der Waals surface area contributed by atoms with E-state index < -0.39 is 16.8 Å². The molecule has 0 amide bonds. The van der Waals surface area contributed by atoms with Crippen molar-refractivity contribution in [2.75, 3.05) is 0 Å². The minimum absolute atomic E-state index is 0. The molecule has 0 saturated carbocycles. The van der Waals surface area contributed by atoms with E-state index in [1.807, 2.05) is 0 Å². The molecule has 1 unspecified atom stereocenters. The second-order valence-electron chi connectivity index (χ2n) is 7.05. The molecule has 0 heterocycles. The van der Waals surface area contributed by atoms with E-state index in [1.165, 1.54) is 16.7 Å². The first kappa shape index (κ1) is 20.2. The predicted octanol–water partition coefficient (Wildman–Crippen LogP) is 5.54. The first-order valence-electron chi connectivity index (χ1n) is 6.77. The number of hydrogen-bond donors (Lipinski definition) is 1. The van der Waals surface area contributed by atoms with Gasteiger partial charge in [0.05, 0.1) is 0 Å². The smallest absolute Gasteiger partial charge is 0.147 e. The van der Waals surface area contributed by atoms with Crippen LogP contribution in [-0.2, 0) is 16.8 Å². The van der Waals surface area contributed by atoms with Crippen molar-refractivity contribution >= 4 is 30.9 Å². The topological polar surface area (TPSA) is 12.0 Å². The normalized spacial score (nSPS) is 17.7. The van der Waals surface area contributed by atoms with Crippen molar-refractivity contribution < 1.29 is 16.8 Å². The first-order chi connectivity index (χ1) is 8.21. The number of allylic oxidation sites excluding steroid dienone is 1. The molecule has 1 N–H and O–H groups in total. The van der Waals surface area contributed by atoms with E-state index in [0.29, 0.717) is 4.22 Å². The fraction of sp³-hybridized carbons (Fsp3) is 0.500. The predicted molar refractivity (Wildman–Crippen MR) is 91.9 cm³/mol. The zero-order valence-corrected chi connectivity index (χ0v) is 16.5. The SMILES string of the molecule is CC1=Cc2ccccc2[CH]1[Ti]([CH3])([CH3])[NH]C(C)(C)C.Cl.Cl. The first-order valence-corrected chi connectivity index (χ1v) is 11.6. The average molecular weight is 352 g/mol. The van der Waals surface area contributed by atoms with Crippen molar-refractivity contribution in [3.05, 3.63) is 41.0 Å². The zero-order chi connectivity index (χ0) is 13.6. The summed E-state index contributed by atoms with van der Waals surface area (Å²) in [5, 5.41) is 4.99. The molecule has 0 spiro atoms. The molecule has 20 heavy (non-hydrogen) atoms. The van der Waals surface area contributed by atoms with E-state index in [-0.39, 0.29) is 30.4 Å². The van der Waals surface area contributed by atoms with E-state index >= 15 is 0 Å². The Morgan fingerprint density at radius 2 is 1.60 bits per heavy atom. The number of benzene rings is 1. The van der Waals surface area contributed by atoms with Crippen molar-refractivity contribution in [3.63, 3.8) is 0 Å². The van der Waals surface area contributed by atoms with E-state index in [1.54, 1.807) is 0 Å².